The van der Waals surface area contributed by atoms with Gasteiger partial charge in [0.1, 0.15) is 5.82 Å². The number of nitrogens with two attached hydrogens (primary N) is 1. The van der Waals surface area contributed by atoms with Crippen molar-refractivity contribution in [3.63, 3.8) is 0 Å². The van der Waals surface area contributed by atoms with Crippen LogP contribution in [0.4, 0.5) is 4.39 Å². The molecule has 2 N–H and O–H groups in total. The Balaban J connectivity index is 3.03. The molecule has 1 aromatic rings. The lowest BCUT2D eigenvalue weighted by Gasteiger charge is -2.37. The number of rotatable bonds is 9. The van der Waals surface area contributed by atoms with Crippen LogP contribution in [0.15, 0.2) is 24.3 Å². The van der Waals surface area contributed by atoms with E-state index in [4.69, 9.17) is 10.5 Å². The fraction of sp³-hybridized carbons (Fsp3) is 0.625. The molecule has 0 aliphatic carbocycles. The summed E-state index contributed by atoms with van der Waals surface area (Å²) in [4.78, 5) is 2.28. The molecule has 1 aromatic carbocycles. The van der Waals surface area contributed by atoms with E-state index in [1.54, 1.807) is 13.2 Å². The van der Waals surface area contributed by atoms with Gasteiger partial charge in [-0.3, -0.25) is 4.90 Å². The molecule has 0 saturated carbocycles. The third kappa shape index (κ3) is 4.27. The molecule has 0 amide bonds. The Kier molecular flexibility index (Phi) is 7.73. The van der Waals surface area contributed by atoms with Gasteiger partial charge in [-0.15, -0.1) is 0 Å². The van der Waals surface area contributed by atoms with E-state index in [2.05, 4.69) is 18.7 Å². The van der Waals surface area contributed by atoms with Gasteiger partial charge in [-0.1, -0.05) is 32.0 Å². The van der Waals surface area contributed by atoms with Crippen molar-refractivity contribution in [2.75, 3.05) is 26.8 Å². The highest BCUT2D eigenvalue weighted by molar-refractivity contribution is 5.22. The van der Waals surface area contributed by atoms with Gasteiger partial charge in [0, 0.05) is 31.8 Å². The molecular formula is C16H27FN2O. The molecule has 0 bridgehead atoms. The van der Waals surface area contributed by atoms with Gasteiger partial charge in [-0.2, -0.15) is 0 Å². The lowest BCUT2D eigenvalue weighted by Crippen LogP contribution is -2.43. The Bertz CT molecular complexity index is 382. The van der Waals surface area contributed by atoms with Crippen molar-refractivity contribution in [3.05, 3.63) is 35.6 Å². The Labute approximate surface area is 121 Å². The molecule has 0 aromatic heterocycles. The Morgan fingerprint density at radius 1 is 1.25 bits per heavy atom. The first-order valence-corrected chi connectivity index (χ1v) is 7.38. The van der Waals surface area contributed by atoms with Crippen LogP contribution in [0.25, 0.3) is 0 Å². The molecule has 0 spiro atoms. The van der Waals surface area contributed by atoms with Crippen molar-refractivity contribution in [3.8, 4) is 0 Å². The van der Waals surface area contributed by atoms with Gasteiger partial charge < -0.3 is 10.5 Å². The van der Waals surface area contributed by atoms with Gasteiger partial charge in [0.15, 0.2) is 0 Å². The topological polar surface area (TPSA) is 38.5 Å². The Morgan fingerprint density at radius 3 is 2.40 bits per heavy atom. The van der Waals surface area contributed by atoms with E-state index in [-0.39, 0.29) is 11.9 Å². The van der Waals surface area contributed by atoms with Crippen LogP contribution < -0.4 is 5.73 Å². The van der Waals surface area contributed by atoms with Crippen LogP contribution in [0, 0.1) is 5.82 Å². The first-order chi connectivity index (χ1) is 9.69. The van der Waals surface area contributed by atoms with E-state index in [0.29, 0.717) is 24.8 Å². The summed E-state index contributed by atoms with van der Waals surface area (Å²) in [5.74, 6) is -0.184. The summed E-state index contributed by atoms with van der Waals surface area (Å²) < 4.78 is 19.3. The second-order valence-corrected chi connectivity index (χ2v) is 4.97. The quantitative estimate of drug-likeness (QED) is 0.757. The molecule has 1 unspecified atom stereocenters. The summed E-state index contributed by atoms with van der Waals surface area (Å²) >= 11 is 0. The molecule has 0 aliphatic heterocycles. The molecular weight excluding hydrogens is 255 g/mol. The summed E-state index contributed by atoms with van der Waals surface area (Å²) in [6.07, 6.45) is 2.04. The molecule has 0 radical (unpaired) electrons. The third-order valence-electron chi connectivity index (χ3n) is 3.85. The molecule has 0 fully saturated rings. The normalized spacial score (nSPS) is 13.2. The first-order valence-electron chi connectivity index (χ1n) is 7.38. The standard InChI is InChI=1S/C16H27FN2O/c1-4-13(5-2)19(10-11-20-3)16(12-18)14-8-6-7-9-15(14)17/h6-9,13,16H,4-5,10-12,18H2,1-3H3. The summed E-state index contributed by atoms with van der Waals surface area (Å²) in [5.41, 5.74) is 6.62. The predicted octanol–water partition coefficient (Wildman–Crippen LogP) is 2.96. The van der Waals surface area contributed by atoms with Crippen molar-refractivity contribution in [1.82, 2.24) is 4.90 Å². The molecule has 0 saturated heterocycles. The number of methoxy groups -OCH3 is 1. The maximum Gasteiger partial charge on any atom is 0.128 e. The van der Waals surface area contributed by atoms with Crippen LogP contribution in [-0.2, 0) is 4.74 Å². The highest BCUT2D eigenvalue weighted by atomic mass is 19.1. The highest BCUT2D eigenvalue weighted by Crippen LogP contribution is 2.26. The van der Waals surface area contributed by atoms with Crippen molar-refractivity contribution in [2.45, 2.75) is 38.8 Å². The van der Waals surface area contributed by atoms with E-state index in [9.17, 15) is 4.39 Å². The fourth-order valence-corrected chi connectivity index (χ4v) is 2.73. The second-order valence-electron chi connectivity index (χ2n) is 4.97. The van der Waals surface area contributed by atoms with Gasteiger partial charge in [0.25, 0.3) is 0 Å². The summed E-state index contributed by atoms with van der Waals surface area (Å²) in [5, 5.41) is 0. The number of hydrogen-bond acceptors (Lipinski definition) is 3. The summed E-state index contributed by atoms with van der Waals surface area (Å²) in [6.45, 7) is 6.10. The minimum Gasteiger partial charge on any atom is -0.383 e. The van der Waals surface area contributed by atoms with Crippen LogP contribution >= 0.6 is 0 Å². The zero-order valence-electron chi connectivity index (χ0n) is 12.8. The van der Waals surface area contributed by atoms with Crippen LogP contribution in [0.2, 0.25) is 0 Å². The minimum absolute atomic E-state index is 0.101. The van der Waals surface area contributed by atoms with Crippen molar-refractivity contribution >= 4 is 0 Å². The van der Waals surface area contributed by atoms with Gasteiger partial charge in [0.2, 0.25) is 0 Å². The molecule has 4 heteroatoms. The first kappa shape index (κ1) is 17.1. The Hall–Kier alpha value is -0.970. The fourth-order valence-electron chi connectivity index (χ4n) is 2.73. The zero-order valence-corrected chi connectivity index (χ0v) is 12.8. The number of nitrogens with zero attached hydrogens (tertiary/aromatic N) is 1. The maximum atomic E-state index is 14.1. The molecule has 0 aliphatic rings. The van der Waals surface area contributed by atoms with E-state index < -0.39 is 0 Å². The van der Waals surface area contributed by atoms with Crippen molar-refractivity contribution < 1.29 is 9.13 Å². The van der Waals surface area contributed by atoms with Crippen LogP contribution in [-0.4, -0.2) is 37.7 Å². The van der Waals surface area contributed by atoms with Gasteiger partial charge in [-0.25, -0.2) is 4.39 Å². The highest BCUT2D eigenvalue weighted by Gasteiger charge is 2.26. The average Bonchev–Trinajstić information content (AvgIpc) is 2.47. The van der Waals surface area contributed by atoms with E-state index >= 15 is 0 Å². The largest absolute Gasteiger partial charge is 0.383 e. The molecule has 1 atom stereocenters. The van der Waals surface area contributed by atoms with E-state index in [1.165, 1.54) is 6.07 Å². The van der Waals surface area contributed by atoms with Crippen molar-refractivity contribution in [1.29, 1.82) is 0 Å². The van der Waals surface area contributed by atoms with Crippen LogP contribution in [0.1, 0.15) is 38.3 Å². The summed E-state index contributed by atoms with van der Waals surface area (Å²) in [6, 6.07) is 7.19. The van der Waals surface area contributed by atoms with Gasteiger partial charge in [-0.05, 0) is 18.9 Å². The van der Waals surface area contributed by atoms with Crippen LogP contribution in [0.5, 0.6) is 0 Å². The molecule has 20 heavy (non-hydrogen) atoms. The Morgan fingerprint density at radius 2 is 1.90 bits per heavy atom. The second kappa shape index (κ2) is 9.06. The molecule has 3 nitrogen and oxygen atoms in total. The zero-order chi connectivity index (χ0) is 15.0. The predicted molar refractivity (Wildman–Crippen MR) is 81.1 cm³/mol. The van der Waals surface area contributed by atoms with E-state index in [0.717, 1.165) is 19.4 Å². The van der Waals surface area contributed by atoms with Gasteiger partial charge in [0.05, 0.1) is 12.6 Å². The number of halogens is 1. The minimum atomic E-state index is -0.184. The number of benzene rings is 1. The summed E-state index contributed by atoms with van der Waals surface area (Å²) in [7, 11) is 1.69. The SMILES string of the molecule is CCC(CC)N(CCOC)C(CN)c1ccccc1F. The molecule has 114 valence electrons. The lowest BCUT2D eigenvalue weighted by atomic mass is 10.0. The lowest BCUT2D eigenvalue weighted by molar-refractivity contribution is 0.0803. The van der Waals surface area contributed by atoms with Crippen molar-refractivity contribution in [2.24, 2.45) is 5.73 Å². The smallest absolute Gasteiger partial charge is 0.128 e. The number of ether oxygens (including phenoxy) is 1. The number of hydrogen-bond donors (Lipinski definition) is 1. The average molecular weight is 282 g/mol. The van der Waals surface area contributed by atoms with Gasteiger partial charge >= 0.3 is 0 Å². The monoisotopic (exact) mass is 282 g/mol. The third-order valence-corrected chi connectivity index (χ3v) is 3.85. The van der Waals surface area contributed by atoms with E-state index in [1.807, 2.05) is 12.1 Å². The van der Waals surface area contributed by atoms with Crippen LogP contribution in [0.3, 0.4) is 0 Å². The molecule has 0 heterocycles. The molecule has 1 rings (SSSR count). The maximum absolute atomic E-state index is 14.1.